The molecular formula is C24H26F3N3O6. The van der Waals surface area contributed by atoms with Crippen LogP contribution in [0.15, 0.2) is 42.5 Å². The van der Waals surface area contributed by atoms with Crippen LogP contribution in [0.3, 0.4) is 0 Å². The summed E-state index contributed by atoms with van der Waals surface area (Å²) in [5, 5.41) is 19.4. The summed E-state index contributed by atoms with van der Waals surface area (Å²) in [6.07, 6.45) is -3.62. The number of aliphatic carboxylic acids is 1. The van der Waals surface area contributed by atoms with Crippen LogP contribution in [0.2, 0.25) is 0 Å². The molecule has 1 heterocycles. The molecule has 9 nitrogen and oxygen atoms in total. The molecule has 0 aromatic heterocycles. The van der Waals surface area contributed by atoms with Crippen molar-refractivity contribution in [1.29, 1.82) is 0 Å². The number of carboxylic acids is 2. The van der Waals surface area contributed by atoms with Crippen molar-refractivity contribution in [3.63, 3.8) is 0 Å². The zero-order valence-electron chi connectivity index (χ0n) is 19.3. The molecular weight excluding hydrogens is 483 g/mol. The van der Waals surface area contributed by atoms with Crippen LogP contribution < -0.4 is 16.0 Å². The number of nitrogens with zero attached hydrogens (tertiary/aromatic N) is 1. The molecule has 2 amide bonds. The van der Waals surface area contributed by atoms with E-state index in [0.29, 0.717) is 25.9 Å². The number of amides is 2. The Morgan fingerprint density at radius 1 is 1.03 bits per heavy atom. The first-order valence-corrected chi connectivity index (χ1v) is 10.8. The maximum Gasteiger partial charge on any atom is 0.490 e. The molecule has 2 aromatic carbocycles. The van der Waals surface area contributed by atoms with Crippen LogP contribution in [-0.4, -0.2) is 53.2 Å². The monoisotopic (exact) mass is 509 g/mol. The summed E-state index contributed by atoms with van der Waals surface area (Å²) in [5.41, 5.74) is 8.40. The third-order valence-corrected chi connectivity index (χ3v) is 5.50. The molecule has 1 saturated heterocycles. The zero-order chi connectivity index (χ0) is 27.0. The van der Waals surface area contributed by atoms with E-state index in [1.54, 1.807) is 18.2 Å². The molecule has 1 aliphatic heterocycles. The maximum absolute atomic E-state index is 12.4. The largest absolute Gasteiger partial charge is 0.490 e. The van der Waals surface area contributed by atoms with Gasteiger partial charge in [-0.2, -0.15) is 13.2 Å². The second-order valence-electron chi connectivity index (χ2n) is 8.21. The van der Waals surface area contributed by atoms with Crippen LogP contribution >= 0.6 is 0 Å². The van der Waals surface area contributed by atoms with Gasteiger partial charge in [-0.1, -0.05) is 29.8 Å². The fraction of sp³-hybridized carbons (Fsp3) is 0.333. The van der Waals surface area contributed by atoms with E-state index >= 15 is 0 Å². The van der Waals surface area contributed by atoms with E-state index < -0.39 is 18.1 Å². The first-order chi connectivity index (χ1) is 16.8. The van der Waals surface area contributed by atoms with Gasteiger partial charge >= 0.3 is 18.1 Å². The number of carboxylic acid groups (broad SMARTS) is 2. The Morgan fingerprint density at radius 2 is 1.58 bits per heavy atom. The van der Waals surface area contributed by atoms with Crippen LogP contribution in [0.5, 0.6) is 0 Å². The van der Waals surface area contributed by atoms with Crippen LogP contribution in [0.4, 0.5) is 24.5 Å². The van der Waals surface area contributed by atoms with Crippen molar-refractivity contribution in [2.45, 2.75) is 32.4 Å². The molecule has 5 N–H and O–H groups in total. The topological polar surface area (TPSA) is 150 Å². The first-order valence-electron chi connectivity index (χ1n) is 10.8. The lowest BCUT2D eigenvalue weighted by molar-refractivity contribution is -0.192. The fourth-order valence-electron chi connectivity index (χ4n) is 3.52. The van der Waals surface area contributed by atoms with Gasteiger partial charge in [-0.3, -0.25) is 9.59 Å². The van der Waals surface area contributed by atoms with Gasteiger partial charge in [0.25, 0.3) is 0 Å². The van der Waals surface area contributed by atoms with Crippen LogP contribution in [0.25, 0.3) is 0 Å². The van der Waals surface area contributed by atoms with Crippen molar-refractivity contribution in [3.8, 4) is 0 Å². The molecule has 36 heavy (non-hydrogen) atoms. The smallest absolute Gasteiger partial charge is 0.478 e. The van der Waals surface area contributed by atoms with Crippen molar-refractivity contribution < 1.29 is 42.6 Å². The van der Waals surface area contributed by atoms with Gasteiger partial charge in [0, 0.05) is 24.7 Å². The lowest BCUT2D eigenvalue weighted by atomic mass is 9.95. The number of carbonyl (C=O) groups is 4. The minimum absolute atomic E-state index is 0.0387. The van der Waals surface area contributed by atoms with E-state index in [4.69, 9.17) is 15.6 Å². The summed E-state index contributed by atoms with van der Waals surface area (Å²) >= 11 is 0. The molecule has 194 valence electrons. The highest BCUT2D eigenvalue weighted by molar-refractivity contribution is 6.01. The van der Waals surface area contributed by atoms with Crippen molar-refractivity contribution >= 4 is 35.1 Å². The Kier molecular flexibility index (Phi) is 9.42. The number of halogens is 3. The minimum atomic E-state index is -5.08. The summed E-state index contributed by atoms with van der Waals surface area (Å²) < 4.78 is 31.7. The van der Waals surface area contributed by atoms with Crippen molar-refractivity contribution in [2.75, 3.05) is 23.3 Å². The van der Waals surface area contributed by atoms with Crippen molar-refractivity contribution in [3.05, 3.63) is 59.2 Å². The van der Waals surface area contributed by atoms with Gasteiger partial charge in [0.05, 0.1) is 17.7 Å². The average Bonchev–Trinajstić information content (AvgIpc) is 2.80. The molecule has 1 aliphatic rings. The van der Waals surface area contributed by atoms with E-state index in [2.05, 4.69) is 5.32 Å². The number of hydrogen-bond donors (Lipinski definition) is 4. The number of nitrogens with one attached hydrogen (secondary N) is 1. The highest BCUT2D eigenvalue weighted by atomic mass is 19.4. The summed E-state index contributed by atoms with van der Waals surface area (Å²) in [6, 6.07) is 12.6. The second-order valence-corrected chi connectivity index (χ2v) is 8.21. The number of primary amides is 1. The highest BCUT2D eigenvalue weighted by Crippen LogP contribution is 2.27. The maximum atomic E-state index is 12.4. The van der Waals surface area contributed by atoms with Crippen molar-refractivity contribution in [2.24, 2.45) is 11.7 Å². The standard InChI is InChI=1S/C22H25N3O4.C2HF3O2/c1-14-2-4-15(5-3-14)12-20(26)24-19-7-6-17(13-18(19)22(28)29)25-10-8-16(9-11-25)21(23)27;3-2(4,5)1(6)7/h2-7,13,16H,8-12H2,1H3,(H2,23,27)(H,24,26)(H,28,29);(H,6,7). The fourth-order valence-corrected chi connectivity index (χ4v) is 3.52. The number of carbonyl (C=O) groups excluding carboxylic acids is 2. The van der Waals surface area contributed by atoms with Gasteiger partial charge in [0.2, 0.25) is 11.8 Å². The quantitative estimate of drug-likeness (QED) is 0.467. The van der Waals surface area contributed by atoms with Gasteiger partial charge < -0.3 is 26.2 Å². The number of rotatable bonds is 6. The number of nitrogens with two attached hydrogens (primary N) is 1. The number of benzene rings is 2. The number of aromatic carboxylic acids is 1. The minimum Gasteiger partial charge on any atom is -0.478 e. The summed E-state index contributed by atoms with van der Waals surface area (Å²) in [7, 11) is 0. The predicted molar refractivity (Wildman–Crippen MR) is 125 cm³/mol. The molecule has 0 unspecified atom stereocenters. The molecule has 1 fully saturated rings. The van der Waals surface area contributed by atoms with E-state index in [0.717, 1.165) is 16.8 Å². The zero-order valence-corrected chi connectivity index (χ0v) is 19.3. The number of hydrogen-bond acceptors (Lipinski definition) is 5. The second kappa shape index (κ2) is 12.0. The summed E-state index contributed by atoms with van der Waals surface area (Å²) in [6.45, 7) is 3.23. The number of aryl methyl sites for hydroxylation is 1. The molecule has 2 aromatic rings. The Balaban J connectivity index is 0.000000572. The molecule has 12 heteroatoms. The third-order valence-electron chi connectivity index (χ3n) is 5.50. The Bertz CT molecular complexity index is 1110. The van der Waals surface area contributed by atoms with Crippen LogP contribution in [0.1, 0.15) is 34.3 Å². The lowest BCUT2D eigenvalue weighted by Crippen LogP contribution is -2.38. The molecule has 0 spiro atoms. The Morgan fingerprint density at radius 3 is 2.06 bits per heavy atom. The first kappa shape index (κ1) is 28.1. The van der Waals surface area contributed by atoms with E-state index in [9.17, 15) is 32.7 Å². The molecule has 0 atom stereocenters. The predicted octanol–water partition coefficient (Wildman–Crippen LogP) is 3.21. The van der Waals surface area contributed by atoms with Gasteiger partial charge in [-0.05, 0) is 43.5 Å². The highest BCUT2D eigenvalue weighted by Gasteiger charge is 2.38. The molecule has 0 saturated carbocycles. The van der Waals surface area contributed by atoms with E-state index in [-0.39, 0.29) is 35.4 Å². The molecule has 0 aliphatic carbocycles. The number of alkyl halides is 3. The normalized spacial score (nSPS) is 13.8. The SMILES string of the molecule is Cc1ccc(CC(=O)Nc2ccc(N3CCC(C(N)=O)CC3)cc2C(=O)O)cc1.O=C(O)C(F)(F)F. The Labute approximate surface area is 204 Å². The number of anilines is 2. The van der Waals surface area contributed by atoms with Gasteiger partial charge in [-0.15, -0.1) is 0 Å². The average molecular weight is 509 g/mol. The summed E-state index contributed by atoms with van der Waals surface area (Å²) in [4.78, 5) is 46.4. The van der Waals surface area contributed by atoms with Gasteiger partial charge in [-0.25, -0.2) is 9.59 Å². The van der Waals surface area contributed by atoms with Crippen molar-refractivity contribution in [1.82, 2.24) is 0 Å². The molecule has 0 bridgehead atoms. The van der Waals surface area contributed by atoms with Gasteiger partial charge in [0.1, 0.15) is 0 Å². The number of piperidine rings is 1. The van der Waals surface area contributed by atoms with E-state index in [1.165, 1.54) is 0 Å². The summed E-state index contributed by atoms with van der Waals surface area (Å²) in [5.74, 6) is -4.56. The van der Waals surface area contributed by atoms with Crippen LogP contribution in [-0.2, 0) is 20.8 Å². The Hall–Kier alpha value is -4.09. The lowest BCUT2D eigenvalue weighted by Gasteiger charge is -2.32. The molecule has 0 radical (unpaired) electrons. The van der Waals surface area contributed by atoms with E-state index in [1.807, 2.05) is 36.1 Å². The third kappa shape index (κ3) is 8.29. The molecule has 3 rings (SSSR count). The van der Waals surface area contributed by atoms with Gasteiger partial charge in [0.15, 0.2) is 0 Å². The van der Waals surface area contributed by atoms with Crippen LogP contribution in [0, 0.1) is 12.8 Å².